The van der Waals surface area contributed by atoms with E-state index in [0.29, 0.717) is 19.8 Å². The first-order valence-corrected chi connectivity index (χ1v) is 5.91. The lowest BCUT2D eigenvalue weighted by Gasteiger charge is -2.18. The summed E-state index contributed by atoms with van der Waals surface area (Å²) in [5, 5.41) is 3.62. The fourth-order valence-corrected chi connectivity index (χ4v) is 1.72. The maximum atomic E-state index is 8.45. The minimum atomic E-state index is 0.295. The van der Waals surface area contributed by atoms with E-state index in [-0.39, 0.29) is 0 Å². The quantitative estimate of drug-likeness (QED) is 0.451. The first-order chi connectivity index (χ1) is 9.38. The van der Waals surface area contributed by atoms with Crippen LogP contribution in [-0.4, -0.2) is 21.5 Å². The molecule has 0 aliphatic carbocycles. The number of aromatic nitrogens is 2. The number of pyridine rings is 2. The summed E-state index contributed by atoms with van der Waals surface area (Å²) < 4.78 is 0. The summed E-state index contributed by atoms with van der Waals surface area (Å²) in [5.41, 5.74) is 10.3. The molecule has 2 aromatic heterocycles. The maximum Gasteiger partial charge on any atom is 0.0780 e. The highest BCUT2D eigenvalue weighted by atomic mass is 15.3. The van der Waals surface area contributed by atoms with Crippen molar-refractivity contribution in [1.29, 1.82) is 0 Å². The van der Waals surface area contributed by atoms with Gasteiger partial charge in [0.15, 0.2) is 0 Å². The van der Waals surface area contributed by atoms with Crippen LogP contribution >= 0.6 is 0 Å². The topological polar surface area (TPSA) is 77.8 Å². The molecule has 0 spiro atoms. The van der Waals surface area contributed by atoms with E-state index in [4.69, 9.17) is 5.53 Å². The molecular formula is C13H14N6. The Labute approximate surface area is 111 Å². The summed E-state index contributed by atoms with van der Waals surface area (Å²) in [6, 6.07) is 11.5. The van der Waals surface area contributed by atoms with Gasteiger partial charge in [-0.2, -0.15) is 0 Å². The van der Waals surface area contributed by atoms with E-state index in [1.807, 2.05) is 41.3 Å². The SMILES string of the molecule is [N-]=[N+]=NCN(Cc1ccccn1)Cc1ccccn1. The smallest absolute Gasteiger partial charge is 0.0780 e. The van der Waals surface area contributed by atoms with Crippen molar-refractivity contribution in [3.8, 4) is 0 Å². The van der Waals surface area contributed by atoms with Crippen LogP contribution in [-0.2, 0) is 13.1 Å². The molecule has 2 heterocycles. The van der Waals surface area contributed by atoms with Crippen LogP contribution in [0.25, 0.3) is 10.4 Å². The molecule has 0 atom stereocenters. The molecule has 0 radical (unpaired) electrons. The molecule has 0 saturated carbocycles. The van der Waals surface area contributed by atoms with E-state index in [0.717, 1.165) is 11.4 Å². The van der Waals surface area contributed by atoms with Crippen molar-refractivity contribution >= 4 is 0 Å². The second kappa shape index (κ2) is 7.10. The molecule has 2 rings (SSSR count). The third-order valence-electron chi connectivity index (χ3n) is 2.55. The fraction of sp³-hybridized carbons (Fsp3) is 0.231. The average molecular weight is 254 g/mol. The van der Waals surface area contributed by atoms with Gasteiger partial charge < -0.3 is 0 Å². The van der Waals surface area contributed by atoms with Gasteiger partial charge in [-0.25, -0.2) is 0 Å². The zero-order chi connectivity index (χ0) is 13.3. The van der Waals surface area contributed by atoms with Gasteiger partial charge in [-0.05, 0) is 29.8 Å². The van der Waals surface area contributed by atoms with Crippen molar-refractivity contribution in [3.63, 3.8) is 0 Å². The number of hydrogen-bond acceptors (Lipinski definition) is 4. The summed E-state index contributed by atoms with van der Waals surface area (Å²) in [7, 11) is 0. The second-order valence-electron chi connectivity index (χ2n) is 4.00. The minimum absolute atomic E-state index is 0.295. The molecule has 96 valence electrons. The monoisotopic (exact) mass is 254 g/mol. The molecule has 0 bridgehead atoms. The molecule has 0 saturated heterocycles. The maximum absolute atomic E-state index is 8.45. The summed E-state index contributed by atoms with van der Waals surface area (Å²) in [5.74, 6) is 0. The van der Waals surface area contributed by atoms with Gasteiger partial charge >= 0.3 is 0 Å². The lowest BCUT2D eigenvalue weighted by Crippen LogP contribution is -2.23. The Hall–Kier alpha value is -2.43. The number of azide groups is 1. The largest absolute Gasteiger partial charge is 0.286 e. The number of rotatable bonds is 6. The van der Waals surface area contributed by atoms with Crippen molar-refractivity contribution in [2.75, 3.05) is 6.67 Å². The van der Waals surface area contributed by atoms with Crippen LogP contribution in [0.3, 0.4) is 0 Å². The van der Waals surface area contributed by atoms with Crippen LogP contribution < -0.4 is 0 Å². The average Bonchev–Trinajstić information content (AvgIpc) is 2.47. The van der Waals surface area contributed by atoms with E-state index in [2.05, 4.69) is 20.0 Å². The molecule has 0 fully saturated rings. The minimum Gasteiger partial charge on any atom is -0.286 e. The van der Waals surface area contributed by atoms with Crippen LogP contribution in [0.1, 0.15) is 11.4 Å². The first kappa shape index (κ1) is 13.0. The molecule has 6 heteroatoms. The van der Waals surface area contributed by atoms with Crippen LogP contribution in [0, 0.1) is 0 Å². The molecule has 0 unspecified atom stereocenters. The van der Waals surface area contributed by atoms with Crippen molar-refractivity contribution < 1.29 is 0 Å². The summed E-state index contributed by atoms with van der Waals surface area (Å²) in [6.07, 6.45) is 3.50. The van der Waals surface area contributed by atoms with E-state index < -0.39 is 0 Å². The Balaban J connectivity index is 2.05. The third-order valence-corrected chi connectivity index (χ3v) is 2.55. The van der Waals surface area contributed by atoms with E-state index in [9.17, 15) is 0 Å². The third kappa shape index (κ3) is 4.39. The summed E-state index contributed by atoms with van der Waals surface area (Å²) in [6.45, 7) is 1.54. The Bertz CT molecular complexity index is 494. The zero-order valence-corrected chi connectivity index (χ0v) is 10.4. The highest BCUT2D eigenvalue weighted by Crippen LogP contribution is 2.06. The van der Waals surface area contributed by atoms with E-state index in [1.54, 1.807) is 12.4 Å². The van der Waals surface area contributed by atoms with Crippen LogP contribution in [0.5, 0.6) is 0 Å². The second-order valence-corrected chi connectivity index (χ2v) is 4.00. The van der Waals surface area contributed by atoms with Gasteiger partial charge in [0.2, 0.25) is 0 Å². The van der Waals surface area contributed by atoms with Gasteiger partial charge in [0, 0.05) is 30.4 Å². The van der Waals surface area contributed by atoms with Gasteiger partial charge in [-0.1, -0.05) is 17.2 Å². The summed E-state index contributed by atoms with van der Waals surface area (Å²) in [4.78, 5) is 13.3. The van der Waals surface area contributed by atoms with Crippen LogP contribution in [0.4, 0.5) is 0 Å². The highest BCUT2D eigenvalue weighted by molar-refractivity contribution is 5.06. The molecule has 2 aromatic rings. The van der Waals surface area contributed by atoms with Gasteiger partial charge in [0.25, 0.3) is 0 Å². The first-order valence-electron chi connectivity index (χ1n) is 5.91. The van der Waals surface area contributed by atoms with Crippen molar-refractivity contribution in [2.24, 2.45) is 5.11 Å². The molecule has 0 aliphatic rings. The van der Waals surface area contributed by atoms with Crippen LogP contribution in [0.15, 0.2) is 53.9 Å². The highest BCUT2D eigenvalue weighted by Gasteiger charge is 2.07. The van der Waals surface area contributed by atoms with Gasteiger partial charge in [-0.3, -0.25) is 14.9 Å². The van der Waals surface area contributed by atoms with E-state index >= 15 is 0 Å². The van der Waals surface area contributed by atoms with Crippen LogP contribution in [0.2, 0.25) is 0 Å². The lowest BCUT2D eigenvalue weighted by molar-refractivity contribution is 0.258. The molecule has 0 amide bonds. The Morgan fingerprint density at radius 3 is 2.00 bits per heavy atom. The number of nitrogens with zero attached hydrogens (tertiary/aromatic N) is 6. The van der Waals surface area contributed by atoms with Gasteiger partial charge in [0.05, 0.1) is 18.1 Å². The molecule has 6 nitrogen and oxygen atoms in total. The Kier molecular flexibility index (Phi) is 4.87. The zero-order valence-electron chi connectivity index (χ0n) is 10.4. The predicted octanol–water partition coefficient (Wildman–Crippen LogP) is 2.75. The molecule has 0 aromatic carbocycles. The fourth-order valence-electron chi connectivity index (χ4n) is 1.72. The van der Waals surface area contributed by atoms with Crippen molar-refractivity contribution in [1.82, 2.24) is 14.9 Å². The normalized spacial score (nSPS) is 10.2. The predicted molar refractivity (Wildman–Crippen MR) is 71.7 cm³/mol. The standard InChI is InChI=1S/C13H14N6/c14-18-17-11-19(9-12-5-1-3-7-15-12)10-13-6-2-4-8-16-13/h1-8H,9-11H2. The molecule has 0 aliphatic heterocycles. The Morgan fingerprint density at radius 2 is 1.58 bits per heavy atom. The molecule has 0 N–H and O–H groups in total. The summed E-state index contributed by atoms with van der Waals surface area (Å²) >= 11 is 0. The molecule has 19 heavy (non-hydrogen) atoms. The van der Waals surface area contributed by atoms with Gasteiger partial charge in [-0.15, -0.1) is 0 Å². The Morgan fingerprint density at radius 1 is 1.00 bits per heavy atom. The number of hydrogen-bond donors (Lipinski definition) is 0. The van der Waals surface area contributed by atoms with Gasteiger partial charge in [0.1, 0.15) is 0 Å². The van der Waals surface area contributed by atoms with E-state index in [1.165, 1.54) is 0 Å². The van der Waals surface area contributed by atoms with Crippen molar-refractivity contribution in [3.05, 3.63) is 70.6 Å². The lowest BCUT2D eigenvalue weighted by atomic mass is 10.3. The van der Waals surface area contributed by atoms with Crippen molar-refractivity contribution in [2.45, 2.75) is 13.1 Å². The molecular weight excluding hydrogens is 240 g/mol.